The maximum absolute atomic E-state index is 13.2. The van der Waals surface area contributed by atoms with Gasteiger partial charge in [-0.05, 0) is 25.7 Å². The summed E-state index contributed by atoms with van der Waals surface area (Å²) in [5, 5.41) is 3.28. The monoisotopic (exact) mass is 255 g/mol. The zero-order valence-corrected chi connectivity index (χ0v) is 11.0. The lowest BCUT2D eigenvalue weighted by Gasteiger charge is -2.37. The van der Waals surface area contributed by atoms with Gasteiger partial charge < -0.3 is 5.32 Å². The number of hydrogen-bond acceptors (Lipinski definition) is 4. The van der Waals surface area contributed by atoms with Crippen molar-refractivity contribution in [1.82, 2.24) is 15.2 Å². The summed E-state index contributed by atoms with van der Waals surface area (Å²) in [6.07, 6.45) is 2.99. The molecular weight excluding hydrogens is 237 g/mol. The van der Waals surface area contributed by atoms with Gasteiger partial charge in [-0.3, -0.25) is 9.88 Å². The molecular formula is C12H18FN3S. The Bertz CT molecular complexity index is 375. The van der Waals surface area contributed by atoms with Gasteiger partial charge in [-0.25, -0.2) is 4.39 Å². The van der Waals surface area contributed by atoms with Crippen molar-refractivity contribution < 1.29 is 4.39 Å². The van der Waals surface area contributed by atoms with Crippen LogP contribution in [0.25, 0.3) is 0 Å². The molecule has 17 heavy (non-hydrogen) atoms. The Balaban J connectivity index is 2.20. The van der Waals surface area contributed by atoms with Gasteiger partial charge in [0.1, 0.15) is 5.82 Å². The normalized spacial score (nSPS) is 23.6. The van der Waals surface area contributed by atoms with E-state index in [0.717, 1.165) is 17.9 Å². The summed E-state index contributed by atoms with van der Waals surface area (Å²) in [6, 6.07) is 2.10. The van der Waals surface area contributed by atoms with E-state index >= 15 is 0 Å². The molecule has 3 nitrogen and oxygen atoms in total. The highest BCUT2D eigenvalue weighted by molar-refractivity contribution is 7.99. The van der Waals surface area contributed by atoms with Crippen LogP contribution in [0.3, 0.4) is 0 Å². The molecule has 5 heteroatoms. The minimum absolute atomic E-state index is 0.135. The van der Waals surface area contributed by atoms with Gasteiger partial charge in [-0.2, -0.15) is 11.8 Å². The van der Waals surface area contributed by atoms with E-state index in [1.807, 2.05) is 18.8 Å². The molecule has 1 aliphatic heterocycles. The van der Waals surface area contributed by atoms with Crippen molar-refractivity contribution in [2.24, 2.45) is 0 Å². The molecule has 2 unspecified atom stereocenters. The maximum Gasteiger partial charge on any atom is 0.141 e. The summed E-state index contributed by atoms with van der Waals surface area (Å²) in [6.45, 7) is 1.08. The molecule has 0 aliphatic carbocycles. The second-order valence-corrected chi connectivity index (χ2v) is 5.48. The Morgan fingerprint density at radius 1 is 1.59 bits per heavy atom. The van der Waals surface area contributed by atoms with Gasteiger partial charge in [0.2, 0.25) is 0 Å². The zero-order valence-electron chi connectivity index (χ0n) is 10.2. The van der Waals surface area contributed by atoms with Crippen LogP contribution in [-0.2, 0) is 0 Å². The van der Waals surface area contributed by atoms with E-state index in [1.165, 1.54) is 11.9 Å². The van der Waals surface area contributed by atoms with Gasteiger partial charge in [-0.1, -0.05) is 0 Å². The number of nitrogens with zero attached hydrogens (tertiary/aromatic N) is 2. The molecule has 2 heterocycles. The number of rotatable bonds is 3. The largest absolute Gasteiger partial charge is 0.312 e. The summed E-state index contributed by atoms with van der Waals surface area (Å²) in [5.74, 6) is 1.97. The molecule has 1 aromatic heterocycles. The number of nitrogens with one attached hydrogen (secondary N) is 1. The highest BCUT2D eigenvalue weighted by atomic mass is 32.2. The molecule has 1 N–H and O–H groups in total. The van der Waals surface area contributed by atoms with Crippen molar-refractivity contribution in [2.75, 3.05) is 32.1 Å². The maximum atomic E-state index is 13.2. The predicted molar refractivity (Wildman–Crippen MR) is 69.7 cm³/mol. The molecule has 0 radical (unpaired) electrons. The quantitative estimate of drug-likeness (QED) is 0.886. The van der Waals surface area contributed by atoms with Crippen molar-refractivity contribution in [3.63, 3.8) is 0 Å². The first-order chi connectivity index (χ1) is 8.22. The second kappa shape index (κ2) is 5.80. The Hall–Kier alpha value is -0.650. The molecule has 2 rings (SSSR count). The van der Waals surface area contributed by atoms with Gasteiger partial charge in [0, 0.05) is 36.3 Å². The van der Waals surface area contributed by atoms with Crippen molar-refractivity contribution in [1.29, 1.82) is 0 Å². The Kier molecular flexibility index (Phi) is 4.36. The molecule has 2 atom stereocenters. The fraction of sp³-hybridized carbons (Fsp3) is 0.583. The molecule has 1 fully saturated rings. The van der Waals surface area contributed by atoms with Gasteiger partial charge >= 0.3 is 0 Å². The number of pyridine rings is 1. The first kappa shape index (κ1) is 12.8. The van der Waals surface area contributed by atoms with Crippen LogP contribution in [0.2, 0.25) is 0 Å². The summed E-state index contributed by atoms with van der Waals surface area (Å²) in [5.41, 5.74) is 0.923. The first-order valence-electron chi connectivity index (χ1n) is 5.78. The third kappa shape index (κ3) is 2.97. The Labute approximate surface area is 106 Å². The summed E-state index contributed by atoms with van der Waals surface area (Å²) >= 11 is 1.95. The van der Waals surface area contributed by atoms with Gasteiger partial charge in [0.15, 0.2) is 0 Å². The van der Waals surface area contributed by atoms with E-state index in [1.54, 1.807) is 12.3 Å². The highest BCUT2D eigenvalue weighted by Gasteiger charge is 2.28. The number of aromatic nitrogens is 1. The van der Waals surface area contributed by atoms with E-state index in [9.17, 15) is 4.39 Å². The lowest BCUT2D eigenvalue weighted by Crippen LogP contribution is -2.47. The molecule has 0 spiro atoms. The summed E-state index contributed by atoms with van der Waals surface area (Å²) in [7, 11) is 4.05. The van der Waals surface area contributed by atoms with Crippen LogP contribution in [0.5, 0.6) is 0 Å². The molecule has 1 aromatic rings. The SMILES string of the molecule is CNC(c1cncc(F)c1)C1CSCCN1C. The summed E-state index contributed by atoms with van der Waals surface area (Å²) < 4.78 is 13.2. The number of halogens is 1. The van der Waals surface area contributed by atoms with E-state index in [4.69, 9.17) is 0 Å². The molecule has 1 saturated heterocycles. The lowest BCUT2D eigenvalue weighted by atomic mass is 10.0. The topological polar surface area (TPSA) is 28.2 Å². The fourth-order valence-corrected chi connectivity index (χ4v) is 3.51. The Morgan fingerprint density at radius 2 is 2.41 bits per heavy atom. The number of likely N-dealkylation sites (N-methyl/N-ethyl adjacent to an activating group) is 2. The molecule has 0 bridgehead atoms. The van der Waals surface area contributed by atoms with E-state index in [-0.39, 0.29) is 11.9 Å². The highest BCUT2D eigenvalue weighted by Crippen LogP contribution is 2.26. The van der Waals surface area contributed by atoms with Crippen LogP contribution >= 0.6 is 11.8 Å². The van der Waals surface area contributed by atoms with Crippen molar-refractivity contribution in [3.05, 3.63) is 29.8 Å². The fourth-order valence-electron chi connectivity index (χ4n) is 2.24. The molecule has 1 aliphatic rings. The van der Waals surface area contributed by atoms with Gasteiger partial charge in [-0.15, -0.1) is 0 Å². The molecule has 94 valence electrons. The zero-order chi connectivity index (χ0) is 12.3. The third-order valence-electron chi connectivity index (χ3n) is 3.22. The van der Waals surface area contributed by atoms with Crippen LogP contribution in [0, 0.1) is 5.82 Å². The minimum Gasteiger partial charge on any atom is -0.312 e. The standard InChI is InChI=1S/C12H18FN3S/c1-14-12(9-5-10(13)7-15-6-9)11-8-17-4-3-16(11)2/h5-7,11-12,14H,3-4,8H2,1-2H3. The van der Waals surface area contributed by atoms with Crippen LogP contribution < -0.4 is 5.32 Å². The smallest absolute Gasteiger partial charge is 0.141 e. The van der Waals surface area contributed by atoms with Crippen molar-refractivity contribution in [3.8, 4) is 0 Å². The predicted octanol–water partition coefficient (Wildman–Crippen LogP) is 1.53. The average Bonchev–Trinajstić information content (AvgIpc) is 2.33. The van der Waals surface area contributed by atoms with Gasteiger partial charge in [0.25, 0.3) is 0 Å². The number of hydrogen-bond donors (Lipinski definition) is 1. The van der Waals surface area contributed by atoms with Crippen LogP contribution in [0.1, 0.15) is 11.6 Å². The van der Waals surface area contributed by atoms with Crippen molar-refractivity contribution in [2.45, 2.75) is 12.1 Å². The van der Waals surface area contributed by atoms with Gasteiger partial charge in [0.05, 0.1) is 6.20 Å². The second-order valence-electron chi connectivity index (χ2n) is 4.33. The molecule has 0 amide bonds. The lowest BCUT2D eigenvalue weighted by molar-refractivity contribution is 0.221. The molecule has 0 aromatic carbocycles. The molecule has 0 saturated carbocycles. The van der Waals surface area contributed by atoms with E-state index in [0.29, 0.717) is 6.04 Å². The van der Waals surface area contributed by atoms with E-state index in [2.05, 4.69) is 22.2 Å². The average molecular weight is 255 g/mol. The first-order valence-corrected chi connectivity index (χ1v) is 6.93. The third-order valence-corrected chi connectivity index (χ3v) is 4.27. The summed E-state index contributed by atoms with van der Waals surface area (Å²) in [4.78, 5) is 6.27. The van der Waals surface area contributed by atoms with E-state index < -0.39 is 0 Å². The van der Waals surface area contributed by atoms with Crippen LogP contribution in [0.15, 0.2) is 18.5 Å². The number of thioether (sulfide) groups is 1. The van der Waals surface area contributed by atoms with Crippen LogP contribution in [-0.4, -0.2) is 48.1 Å². The minimum atomic E-state index is -0.270. The Morgan fingerprint density at radius 3 is 3.06 bits per heavy atom. The van der Waals surface area contributed by atoms with Crippen LogP contribution in [0.4, 0.5) is 4.39 Å². The van der Waals surface area contributed by atoms with Crippen molar-refractivity contribution >= 4 is 11.8 Å².